The summed E-state index contributed by atoms with van der Waals surface area (Å²) in [6.45, 7) is 5.74. The Bertz CT molecular complexity index is 971. The molecule has 0 atom stereocenters. The molecule has 0 aliphatic carbocycles. The maximum absolute atomic E-state index is 12.1. The Labute approximate surface area is 140 Å². The third kappa shape index (κ3) is 2.95. The van der Waals surface area contributed by atoms with Crippen molar-refractivity contribution in [1.82, 2.24) is 4.57 Å². The maximum atomic E-state index is 12.1. The number of benzene rings is 2. The molecule has 24 heavy (non-hydrogen) atoms. The van der Waals surface area contributed by atoms with Gasteiger partial charge in [-0.15, -0.1) is 0 Å². The molecule has 0 spiro atoms. The number of nitrogens with one attached hydrogen (secondary N) is 1. The summed E-state index contributed by atoms with van der Waals surface area (Å²) in [4.78, 5) is 23.5. The Balaban J connectivity index is 2.30. The largest absolute Gasteiger partial charge is 0.326 e. The zero-order valence-corrected chi connectivity index (χ0v) is 14.0. The third-order valence-corrected chi connectivity index (χ3v) is 4.04. The van der Waals surface area contributed by atoms with Gasteiger partial charge in [0, 0.05) is 30.3 Å². The van der Waals surface area contributed by atoms with Crippen molar-refractivity contribution >= 4 is 22.5 Å². The van der Waals surface area contributed by atoms with E-state index < -0.39 is 0 Å². The summed E-state index contributed by atoms with van der Waals surface area (Å²) in [5.41, 5.74) is 3.72. The smallest absolute Gasteiger partial charge is 0.221 e. The van der Waals surface area contributed by atoms with Crippen molar-refractivity contribution in [2.45, 2.75) is 26.7 Å². The lowest BCUT2D eigenvalue weighted by molar-refractivity contribution is -0.114. The van der Waals surface area contributed by atoms with E-state index in [4.69, 9.17) is 0 Å². The van der Waals surface area contributed by atoms with Gasteiger partial charge in [0.05, 0.1) is 11.2 Å². The van der Waals surface area contributed by atoms with Gasteiger partial charge in [0.25, 0.3) is 0 Å². The van der Waals surface area contributed by atoms with Crippen LogP contribution in [0.15, 0.2) is 59.5 Å². The van der Waals surface area contributed by atoms with Crippen LogP contribution in [0.2, 0.25) is 0 Å². The Morgan fingerprint density at radius 3 is 2.54 bits per heavy atom. The maximum Gasteiger partial charge on any atom is 0.221 e. The number of nitrogens with zero attached hydrogens (tertiary/aromatic N) is 1. The summed E-state index contributed by atoms with van der Waals surface area (Å²) in [6.07, 6.45) is 1.80. The SMILES string of the molecule is CC(=O)Nc1ccc(C(C)C)c(-n2ccc(=O)c3ccccc32)c1. The van der Waals surface area contributed by atoms with Gasteiger partial charge in [-0.25, -0.2) is 0 Å². The fourth-order valence-electron chi connectivity index (χ4n) is 2.94. The molecule has 0 radical (unpaired) electrons. The third-order valence-electron chi connectivity index (χ3n) is 4.04. The molecule has 0 saturated heterocycles. The van der Waals surface area contributed by atoms with Crippen molar-refractivity contribution in [2.24, 2.45) is 0 Å². The van der Waals surface area contributed by atoms with E-state index in [9.17, 15) is 9.59 Å². The molecule has 0 bridgehead atoms. The number of amides is 1. The van der Waals surface area contributed by atoms with E-state index in [1.807, 2.05) is 47.0 Å². The lowest BCUT2D eigenvalue weighted by Gasteiger charge is -2.19. The van der Waals surface area contributed by atoms with Crippen LogP contribution in [0, 0.1) is 0 Å². The quantitative estimate of drug-likeness (QED) is 0.791. The summed E-state index contributed by atoms with van der Waals surface area (Å²) < 4.78 is 2.01. The van der Waals surface area contributed by atoms with Crippen molar-refractivity contribution in [3.63, 3.8) is 0 Å². The van der Waals surface area contributed by atoms with Crippen LogP contribution in [0.1, 0.15) is 32.3 Å². The van der Waals surface area contributed by atoms with Crippen molar-refractivity contribution in [1.29, 1.82) is 0 Å². The van der Waals surface area contributed by atoms with Crippen LogP contribution in [0.4, 0.5) is 5.69 Å². The van der Waals surface area contributed by atoms with Crippen molar-refractivity contribution in [3.05, 3.63) is 70.5 Å². The number of fused-ring (bicyclic) bond motifs is 1. The van der Waals surface area contributed by atoms with E-state index in [-0.39, 0.29) is 11.3 Å². The molecule has 1 aromatic heterocycles. The second-order valence-corrected chi connectivity index (χ2v) is 6.18. The van der Waals surface area contributed by atoms with E-state index in [1.54, 1.807) is 12.3 Å². The highest BCUT2D eigenvalue weighted by atomic mass is 16.1. The Morgan fingerprint density at radius 1 is 1.08 bits per heavy atom. The number of anilines is 1. The second kappa shape index (κ2) is 6.32. The van der Waals surface area contributed by atoms with Gasteiger partial charge in [-0.2, -0.15) is 0 Å². The molecule has 1 N–H and O–H groups in total. The molecule has 2 aromatic carbocycles. The number of pyridine rings is 1. The Morgan fingerprint density at radius 2 is 1.83 bits per heavy atom. The number of hydrogen-bond acceptors (Lipinski definition) is 2. The minimum atomic E-state index is -0.108. The molecule has 4 heteroatoms. The lowest BCUT2D eigenvalue weighted by Crippen LogP contribution is -2.10. The first-order chi connectivity index (χ1) is 11.5. The first kappa shape index (κ1) is 16.0. The number of para-hydroxylation sites is 1. The molecular formula is C20H20N2O2. The predicted octanol–water partition coefficient (Wildman–Crippen LogP) is 4.07. The van der Waals surface area contributed by atoms with E-state index in [2.05, 4.69) is 19.2 Å². The number of carbonyl (C=O) groups excluding carboxylic acids is 1. The van der Waals surface area contributed by atoms with Crippen LogP contribution in [0.5, 0.6) is 0 Å². The summed E-state index contributed by atoms with van der Waals surface area (Å²) in [7, 11) is 0. The summed E-state index contributed by atoms with van der Waals surface area (Å²) >= 11 is 0. The Hall–Kier alpha value is -2.88. The van der Waals surface area contributed by atoms with Gasteiger partial charge in [-0.05, 0) is 35.7 Å². The summed E-state index contributed by atoms with van der Waals surface area (Å²) in [6, 6.07) is 15.0. The predicted molar refractivity (Wildman–Crippen MR) is 97.9 cm³/mol. The topological polar surface area (TPSA) is 51.1 Å². The summed E-state index contributed by atoms with van der Waals surface area (Å²) in [5.74, 6) is 0.201. The zero-order chi connectivity index (χ0) is 17.3. The fraction of sp³-hybridized carbons (Fsp3) is 0.200. The van der Waals surface area contributed by atoms with E-state index >= 15 is 0 Å². The van der Waals surface area contributed by atoms with Gasteiger partial charge in [-0.3, -0.25) is 9.59 Å². The van der Waals surface area contributed by atoms with Gasteiger partial charge >= 0.3 is 0 Å². The molecule has 122 valence electrons. The van der Waals surface area contributed by atoms with Gasteiger partial charge in [0.1, 0.15) is 0 Å². The van der Waals surface area contributed by atoms with Crippen LogP contribution < -0.4 is 10.7 Å². The average molecular weight is 320 g/mol. The molecule has 0 saturated carbocycles. The van der Waals surface area contributed by atoms with Crippen LogP contribution in [-0.2, 0) is 4.79 Å². The van der Waals surface area contributed by atoms with E-state index in [1.165, 1.54) is 6.92 Å². The molecule has 0 aliphatic rings. The molecule has 1 heterocycles. The highest BCUT2D eigenvalue weighted by molar-refractivity contribution is 5.89. The Kier molecular flexibility index (Phi) is 4.21. The van der Waals surface area contributed by atoms with Gasteiger partial charge < -0.3 is 9.88 Å². The second-order valence-electron chi connectivity index (χ2n) is 6.18. The van der Waals surface area contributed by atoms with E-state index in [0.29, 0.717) is 11.3 Å². The van der Waals surface area contributed by atoms with E-state index in [0.717, 1.165) is 22.5 Å². The molecular weight excluding hydrogens is 300 g/mol. The van der Waals surface area contributed by atoms with Gasteiger partial charge in [0.15, 0.2) is 5.43 Å². The molecule has 3 aromatic rings. The van der Waals surface area contributed by atoms with Crippen molar-refractivity contribution in [2.75, 3.05) is 5.32 Å². The number of carbonyl (C=O) groups is 1. The normalized spacial score (nSPS) is 11.0. The summed E-state index contributed by atoms with van der Waals surface area (Å²) in [5, 5.41) is 3.51. The molecule has 3 rings (SSSR count). The molecule has 0 fully saturated rings. The van der Waals surface area contributed by atoms with Gasteiger partial charge in [-0.1, -0.05) is 32.0 Å². The van der Waals surface area contributed by atoms with Crippen LogP contribution in [-0.4, -0.2) is 10.5 Å². The standard InChI is InChI=1S/C20H20N2O2/c1-13(2)16-9-8-15(21-14(3)23)12-19(16)22-11-10-20(24)17-6-4-5-7-18(17)22/h4-13H,1-3H3,(H,21,23). The molecule has 1 amide bonds. The van der Waals surface area contributed by atoms with Gasteiger partial charge in [0.2, 0.25) is 5.91 Å². The highest BCUT2D eigenvalue weighted by Gasteiger charge is 2.12. The minimum Gasteiger partial charge on any atom is -0.326 e. The first-order valence-electron chi connectivity index (χ1n) is 7.99. The zero-order valence-electron chi connectivity index (χ0n) is 14.0. The van der Waals surface area contributed by atoms with Crippen LogP contribution >= 0.6 is 0 Å². The van der Waals surface area contributed by atoms with Crippen LogP contribution in [0.3, 0.4) is 0 Å². The fourth-order valence-corrected chi connectivity index (χ4v) is 2.94. The number of hydrogen-bond donors (Lipinski definition) is 1. The lowest BCUT2D eigenvalue weighted by atomic mass is 10.00. The van der Waals surface area contributed by atoms with Crippen molar-refractivity contribution in [3.8, 4) is 5.69 Å². The average Bonchev–Trinajstić information content (AvgIpc) is 2.54. The monoisotopic (exact) mass is 320 g/mol. The van der Waals surface area contributed by atoms with Crippen molar-refractivity contribution < 1.29 is 4.79 Å². The highest BCUT2D eigenvalue weighted by Crippen LogP contribution is 2.28. The first-order valence-corrected chi connectivity index (χ1v) is 7.99. The van der Waals surface area contributed by atoms with Crippen LogP contribution in [0.25, 0.3) is 16.6 Å². The molecule has 4 nitrogen and oxygen atoms in total. The minimum absolute atomic E-state index is 0.00552. The number of aromatic nitrogens is 1. The molecule has 0 aliphatic heterocycles. The number of rotatable bonds is 3. The molecule has 0 unspecified atom stereocenters.